The van der Waals surface area contributed by atoms with Gasteiger partial charge in [-0.3, -0.25) is 14.5 Å². The molecule has 3 rings (SSSR count). The van der Waals surface area contributed by atoms with Crippen molar-refractivity contribution in [3.63, 3.8) is 0 Å². The number of hydrogen-bond donors (Lipinski definition) is 1. The Labute approximate surface area is 178 Å². The number of aryl methyl sites for hydroxylation is 1. The average molecular weight is 414 g/mol. The van der Waals surface area contributed by atoms with Gasteiger partial charge in [-0.05, 0) is 51.9 Å². The predicted molar refractivity (Wildman–Crippen MR) is 116 cm³/mol. The van der Waals surface area contributed by atoms with Gasteiger partial charge in [-0.1, -0.05) is 6.07 Å². The van der Waals surface area contributed by atoms with Crippen molar-refractivity contribution >= 4 is 17.4 Å². The van der Waals surface area contributed by atoms with Gasteiger partial charge in [-0.2, -0.15) is 0 Å². The number of hydrogen-bond acceptors (Lipinski definition) is 5. The van der Waals surface area contributed by atoms with Gasteiger partial charge in [-0.15, -0.1) is 0 Å². The highest BCUT2D eigenvalue weighted by molar-refractivity contribution is 5.99. The highest BCUT2D eigenvalue weighted by atomic mass is 16.5. The molecule has 0 saturated carbocycles. The van der Waals surface area contributed by atoms with Gasteiger partial charge in [0, 0.05) is 41.9 Å². The fourth-order valence-corrected chi connectivity index (χ4v) is 3.89. The van der Waals surface area contributed by atoms with Gasteiger partial charge < -0.3 is 19.4 Å². The Balaban J connectivity index is 1.56. The first-order valence-corrected chi connectivity index (χ1v) is 10.3. The first-order chi connectivity index (χ1) is 14.4. The lowest BCUT2D eigenvalue weighted by Gasteiger charge is -2.17. The van der Waals surface area contributed by atoms with E-state index in [1.54, 1.807) is 31.2 Å². The van der Waals surface area contributed by atoms with Crippen LogP contribution in [0, 0.1) is 13.8 Å². The van der Waals surface area contributed by atoms with E-state index in [4.69, 9.17) is 9.47 Å². The number of aromatic nitrogens is 1. The van der Waals surface area contributed by atoms with Crippen LogP contribution in [0.3, 0.4) is 0 Å². The van der Waals surface area contributed by atoms with Crippen molar-refractivity contribution in [1.29, 1.82) is 0 Å². The quantitative estimate of drug-likeness (QED) is 0.640. The number of likely N-dealkylation sites (N-methyl/N-ethyl adjacent to an activating group) is 1. The molecule has 0 bridgehead atoms. The summed E-state index contributed by atoms with van der Waals surface area (Å²) in [5.41, 5.74) is 3.40. The van der Waals surface area contributed by atoms with E-state index in [9.17, 15) is 9.59 Å². The van der Waals surface area contributed by atoms with Crippen LogP contribution in [0.25, 0.3) is 0 Å². The van der Waals surface area contributed by atoms with Crippen LogP contribution in [0.15, 0.2) is 30.3 Å². The van der Waals surface area contributed by atoms with Gasteiger partial charge in [0.1, 0.15) is 5.75 Å². The summed E-state index contributed by atoms with van der Waals surface area (Å²) >= 11 is 0. The zero-order valence-corrected chi connectivity index (χ0v) is 18.2. The molecular weight excluding hydrogens is 382 g/mol. The van der Waals surface area contributed by atoms with Gasteiger partial charge in [-0.25, -0.2) is 0 Å². The molecule has 1 atom stereocenters. The Kier molecular flexibility index (Phi) is 7.29. The van der Waals surface area contributed by atoms with Crippen LogP contribution in [0.4, 0.5) is 5.69 Å². The number of ether oxygens (including phenoxy) is 2. The normalized spacial score (nSPS) is 16.1. The summed E-state index contributed by atoms with van der Waals surface area (Å²) in [6.07, 6.45) is 2.38. The van der Waals surface area contributed by atoms with E-state index < -0.39 is 0 Å². The zero-order valence-electron chi connectivity index (χ0n) is 18.2. The maximum Gasteiger partial charge on any atom is 0.238 e. The third-order valence-electron chi connectivity index (χ3n) is 5.46. The Bertz CT molecular complexity index is 900. The summed E-state index contributed by atoms with van der Waals surface area (Å²) in [7, 11) is 3.35. The van der Waals surface area contributed by atoms with E-state index in [0.717, 1.165) is 37.4 Å². The summed E-state index contributed by atoms with van der Waals surface area (Å²) in [5, 5.41) is 2.84. The fourth-order valence-electron chi connectivity index (χ4n) is 3.89. The average Bonchev–Trinajstić information content (AvgIpc) is 3.31. The molecule has 162 valence electrons. The van der Waals surface area contributed by atoms with Gasteiger partial charge in [0.2, 0.25) is 5.91 Å². The lowest BCUT2D eigenvalue weighted by molar-refractivity contribution is -0.116. The molecule has 0 unspecified atom stereocenters. The molecule has 1 aliphatic heterocycles. The van der Waals surface area contributed by atoms with Crippen molar-refractivity contribution in [2.24, 2.45) is 0 Å². The zero-order chi connectivity index (χ0) is 21.7. The number of carbonyl (C=O) groups is 2. The molecule has 1 saturated heterocycles. The number of ketones is 1. The first-order valence-electron chi connectivity index (χ1n) is 10.3. The molecule has 2 aromatic rings. The number of amides is 1. The van der Waals surface area contributed by atoms with Crippen molar-refractivity contribution in [3.8, 4) is 5.75 Å². The van der Waals surface area contributed by atoms with E-state index in [2.05, 4.69) is 9.88 Å². The molecule has 1 fully saturated rings. The predicted octanol–water partition coefficient (Wildman–Crippen LogP) is 3.05. The lowest BCUT2D eigenvalue weighted by Crippen LogP contribution is -2.34. The largest absolute Gasteiger partial charge is 0.497 e. The minimum atomic E-state index is -0.178. The van der Waals surface area contributed by atoms with Crippen LogP contribution in [-0.2, 0) is 16.1 Å². The smallest absolute Gasteiger partial charge is 0.238 e. The maximum absolute atomic E-state index is 12.9. The van der Waals surface area contributed by atoms with Crippen molar-refractivity contribution < 1.29 is 19.1 Å². The molecule has 30 heavy (non-hydrogen) atoms. The van der Waals surface area contributed by atoms with E-state index >= 15 is 0 Å². The number of nitrogens with one attached hydrogen (secondary N) is 1. The maximum atomic E-state index is 12.9. The van der Waals surface area contributed by atoms with Crippen LogP contribution >= 0.6 is 0 Å². The van der Waals surface area contributed by atoms with E-state index in [1.807, 2.05) is 32.0 Å². The molecule has 7 heteroatoms. The number of carbonyl (C=O) groups excluding carboxylic acids is 2. The number of rotatable bonds is 9. The van der Waals surface area contributed by atoms with Crippen molar-refractivity contribution in [3.05, 3.63) is 47.3 Å². The van der Waals surface area contributed by atoms with E-state index in [1.165, 1.54) is 0 Å². The Morgan fingerprint density at radius 2 is 2.07 bits per heavy atom. The minimum Gasteiger partial charge on any atom is -0.497 e. The van der Waals surface area contributed by atoms with Crippen molar-refractivity contribution in [2.75, 3.05) is 39.2 Å². The third kappa shape index (κ3) is 5.49. The highest BCUT2D eigenvalue weighted by Crippen LogP contribution is 2.21. The lowest BCUT2D eigenvalue weighted by atomic mass is 10.1. The minimum absolute atomic E-state index is 0.0124. The molecular formula is C23H31N3O4. The fraction of sp³-hybridized carbons (Fsp3) is 0.478. The van der Waals surface area contributed by atoms with Crippen LogP contribution in [0.2, 0.25) is 0 Å². The standard InChI is InChI=1S/C23H31N3O4/c1-16-11-21(17(2)26(16)13-20-9-6-10-30-20)22(27)14-25(3)15-23(28)24-18-7-5-8-19(12-18)29-4/h5,7-8,11-12,20H,6,9-10,13-15H2,1-4H3,(H,24,28)/t20-/m1/s1. The molecule has 0 spiro atoms. The number of Topliss-reactive ketones (excluding diaryl/α,β-unsaturated/α-hetero) is 1. The highest BCUT2D eigenvalue weighted by Gasteiger charge is 2.22. The summed E-state index contributed by atoms with van der Waals surface area (Å²) in [5.74, 6) is 0.510. The second-order valence-corrected chi connectivity index (χ2v) is 7.91. The van der Waals surface area contributed by atoms with Crippen LogP contribution < -0.4 is 10.1 Å². The van der Waals surface area contributed by atoms with Gasteiger partial charge in [0.15, 0.2) is 5.78 Å². The van der Waals surface area contributed by atoms with Gasteiger partial charge in [0.25, 0.3) is 0 Å². The molecule has 1 N–H and O–H groups in total. The number of methoxy groups -OCH3 is 1. The Morgan fingerprint density at radius 1 is 1.27 bits per heavy atom. The molecule has 1 aliphatic rings. The molecule has 0 aliphatic carbocycles. The second-order valence-electron chi connectivity index (χ2n) is 7.91. The third-order valence-corrected chi connectivity index (χ3v) is 5.46. The van der Waals surface area contributed by atoms with Crippen LogP contribution in [0.1, 0.15) is 34.6 Å². The Hall–Kier alpha value is -2.64. The molecule has 1 aromatic carbocycles. The SMILES string of the molecule is COc1cccc(NC(=O)CN(C)CC(=O)c2cc(C)n(C[C@H]3CCCO3)c2C)c1. The topological polar surface area (TPSA) is 72.8 Å². The summed E-state index contributed by atoms with van der Waals surface area (Å²) in [4.78, 5) is 26.9. The second kappa shape index (κ2) is 9.91. The first kappa shape index (κ1) is 22.1. The Morgan fingerprint density at radius 3 is 2.77 bits per heavy atom. The van der Waals surface area contributed by atoms with Crippen LogP contribution in [0.5, 0.6) is 5.75 Å². The number of nitrogens with zero attached hydrogens (tertiary/aromatic N) is 2. The molecule has 0 radical (unpaired) electrons. The molecule has 1 amide bonds. The summed E-state index contributed by atoms with van der Waals surface area (Å²) in [6.45, 7) is 5.89. The number of anilines is 1. The van der Waals surface area contributed by atoms with Crippen molar-refractivity contribution in [1.82, 2.24) is 9.47 Å². The van der Waals surface area contributed by atoms with Gasteiger partial charge in [0.05, 0.1) is 26.3 Å². The summed E-state index contributed by atoms with van der Waals surface area (Å²) in [6, 6.07) is 9.13. The molecule has 2 heterocycles. The molecule has 7 nitrogen and oxygen atoms in total. The van der Waals surface area contributed by atoms with Gasteiger partial charge >= 0.3 is 0 Å². The van der Waals surface area contributed by atoms with E-state index in [-0.39, 0.29) is 30.9 Å². The number of benzene rings is 1. The van der Waals surface area contributed by atoms with Crippen LogP contribution in [-0.4, -0.2) is 61.1 Å². The van der Waals surface area contributed by atoms with Crippen molar-refractivity contribution in [2.45, 2.75) is 39.3 Å². The monoisotopic (exact) mass is 413 g/mol. The molecule has 1 aromatic heterocycles. The summed E-state index contributed by atoms with van der Waals surface area (Å²) < 4.78 is 13.1. The van der Waals surface area contributed by atoms with E-state index in [0.29, 0.717) is 17.0 Å².